The van der Waals surface area contributed by atoms with Gasteiger partial charge in [-0.05, 0) is 12.7 Å². The van der Waals surface area contributed by atoms with Crippen LogP contribution in [0.15, 0.2) is 0 Å². The normalized spacial score (nSPS) is 13.2. The molecule has 0 saturated heterocycles. The lowest BCUT2D eigenvalue weighted by atomic mass is 10.2. The molecule has 2 aromatic rings. The Kier molecular flexibility index (Phi) is 5.38. The van der Waals surface area contributed by atoms with Gasteiger partial charge < -0.3 is 4.57 Å². The number of fused-ring (bicyclic) bond motifs is 1. The number of thioether (sulfide) groups is 1. The lowest BCUT2D eigenvalue weighted by Gasteiger charge is -2.13. The summed E-state index contributed by atoms with van der Waals surface area (Å²) < 4.78 is 4.27. The van der Waals surface area contributed by atoms with Crippen LogP contribution in [0.4, 0.5) is 0 Å². The van der Waals surface area contributed by atoms with Crippen molar-refractivity contribution < 1.29 is 0 Å². The maximum Gasteiger partial charge on any atom is 0.158 e. The number of imidazole rings is 1. The molecule has 112 valence electrons. The molecule has 0 aliphatic carbocycles. The first-order valence-corrected chi connectivity index (χ1v) is 8.94. The van der Waals surface area contributed by atoms with Crippen LogP contribution >= 0.6 is 23.4 Å². The quantitative estimate of drug-likeness (QED) is 0.736. The first-order valence-electron chi connectivity index (χ1n) is 7.12. The molecule has 0 amide bonds. The fourth-order valence-electron chi connectivity index (χ4n) is 2.49. The number of aromatic nitrogens is 4. The maximum absolute atomic E-state index is 5.93. The third-order valence-corrected chi connectivity index (χ3v) is 4.66. The van der Waals surface area contributed by atoms with E-state index in [9.17, 15) is 0 Å². The largest absolute Gasteiger partial charge is 0.312 e. The Morgan fingerprint density at radius 2 is 2.10 bits per heavy atom. The van der Waals surface area contributed by atoms with Gasteiger partial charge in [-0.15, -0.1) is 11.6 Å². The van der Waals surface area contributed by atoms with Crippen molar-refractivity contribution in [1.82, 2.24) is 19.3 Å². The van der Waals surface area contributed by atoms with Crippen LogP contribution in [0, 0.1) is 0 Å². The summed E-state index contributed by atoms with van der Waals surface area (Å²) >= 11 is 7.80. The molecule has 20 heavy (non-hydrogen) atoms. The zero-order valence-electron chi connectivity index (χ0n) is 12.7. The molecule has 0 saturated carbocycles. The van der Waals surface area contributed by atoms with Gasteiger partial charge in [0.2, 0.25) is 0 Å². The molecule has 0 aliphatic rings. The molecule has 0 aliphatic heterocycles. The van der Waals surface area contributed by atoms with Crippen LogP contribution in [0.2, 0.25) is 0 Å². The third-order valence-electron chi connectivity index (χ3n) is 3.52. The first-order chi connectivity index (χ1) is 9.62. The molecule has 6 heteroatoms. The Morgan fingerprint density at radius 3 is 2.70 bits per heavy atom. The summed E-state index contributed by atoms with van der Waals surface area (Å²) in [4.78, 5) is 4.82. The molecule has 2 rings (SSSR count). The molecule has 4 nitrogen and oxygen atoms in total. The molecule has 0 radical (unpaired) electrons. The number of hydrogen-bond donors (Lipinski definition) is 0. The van der Waals surface area contributed by atoms with E-state index in [0.29, 0.717) is 11.1 Å². The number of hydrogen-bond acceptors (Lipinski definition) is 3. The summed E-state index contributed by atoms with van der Waals surface area (Å²) in [5.41, 5.74) is 3.30. The summed E-state index contributed by atoms with van der Waals surface area (Å²) in [5, 5.41) is 5.18. The highest BCUT2D eigenvalue weighted by molar-refractivity contribution is 7.99. The molecule has 2 aromatic heterocycles. The molecule has 2 heterocycles. The van der Waals surface area contributed by atoms with E-state index in [1.165, 1.54) is 0 Å². The summed E-state index contributed by atoms with van der Waals surface area (Å²) in [7, 11) is 2.01. The average molecular weight is 315 g/mol. The minimum atomic E-state index is 0.547. The van der Waals surface area contributed by atoms with E-state index in [4.69, 9.17) is 16.6 Å². The number of nitrogens with zero attached hydrogens (tertiary/aromatic N) is 4. The average Bonchev–Trinajstić information content (AvgIpc) is 2.91. The van der Waals surface area contributed by atoms with Crippen molar-refractivity contribution in [3.8, 4) is 0 Å². The van der Waals surface area contributed by atoms with Gasteiger partial charge in [-0.1, -0.05) is 20.3 Å². The van der Waals surface area contributed by atoms with Crippen molar-refractivity contribution in [2.45, 2.75) is 44.9 Å². The van der Waals surface area contributed by atoms with Crippen molar-refractivity contribution >= 4 is 34.5 Å². The van der Waals surface area contributed by atoms with Crippen molar-refractivity contribution in [2.75, 3.05) is 12.1 Å². The van der Waals surface area contributed by atoms with Crippen molar-refractivity contribution in [3.63, 3.8) is 0 Å². The molecule has 0 aromatic carbocycles. The molecule has 0 N–H and O–H groups in total. The van der Waals surface area contributed by atoms with Crippen LogP contribution in [0.5, 0.6) is 0 Å². The number of halogens is 1. The Morgan fingerprint density at radius 1 is 1.35 bits per heavy atom. The second kappa shape index (κ2) is 6.85. The molecule has 0 fully saturated rings. The second-order valence-corrected chi connectivity index (χ2v) is 6.77. The van der Waals surface area contributed by atoms with Gasteiger partial charge in [-0.3, -0.25) is 4.68 Å². The highest BCUT2D eigenvalue weighted by Crippen LogP contribution is 2.23. The SMILES string of the molecule is CCCc1nn(C)c2c1nc(CCCl)n2CC(C)SC. The van der Waals surface area contributed by atoms with E-state index in [0.717, 1.165) is 48.5 Å². The van der Waals surface area contributed by atoms with E-state index in [2.05, 4.69) is 29.8 Å². The minimum absolute atomic E-state index is 0.547. The Balaban J connectivity index is 2.52. The van der Waals surface area contributed by atoms with Gasteiger partial charge in [0, 0.05) is 31.1 Å². The van der Waals surface area contributed by atoms with Gasteiger partial charge in [-0.25, -0.2) is 4.98 Å². The van der Waals surface area contributed by atoms with Crippen LogP contribution < -0.4 is 0 Å². The monoisotopic (exact) mass is 314 g/mol. The van der Waals surface area contributed by atoms with Gasteiger partial charge in [0.1, 0.15) is 11.3 Å². The Bertz CT molecular complexity index is 575. The van der Waals surface area contributed by atoms with Crippen LogP contribution in [-0.4, -0.2) is 36.7 Å². The standard InChI is InChI=1S/C14H23ClN4S/c1-5-6-11-13-14(18(3)17-11)19(9-10(2)20-4)12(16-13)7-8-15/h10H,5-9H2,1-4H3. The van der Waals surface area contributed by atoms with Crippen molar-refractivity contribution in [2.24, 2.45) is 7.05 Å². The van der Waals surface area contributed by atoms with Crippen molar-refractivity contribution in [1.29, 1.82) is 0 Å². The Labute approximate surface area is 129 Å². The topological polar surface area (TPSA) is 35.6 Å². The molecular formula is C14H23ClN4S. The van der Waals surface area contributed by atoms with Gasteiger partial charge in [0.25, 0.3) is 0 Å². The fourth-order valence-corrected chi connectivity index (χ4v) is 2.96. The minimum Gasteiger partial charge on any atom is -0.312 e. The van der Waals surface area contributed by atoms with E-state index in [1.54, 1.807) is 0 Å². The Hall–Kier alpha value is -0.680. The molecular weight excluding hydrogens is 292 g/mol. The molecule has 1 atom stereocenters. The van der Waals surface area contributed by atoms with E-state index in [-0.39, 0.29) is 0 Å². The lowest BCUT2D eigenvalue weighted by molar-refractivity contribution is 0.637. The van der Waals surface area contributed by atoms with E-state index >= 15 is 0 Å². The highest BCUT2D eigenvalue weighted by Gasteiger charge is 2.19. The number of alkyl halides is 1. The van der Waals surface area contributed by atoms with E-state index in [1.807, 2.05) is 23.5 Å². The predicted octanol–water partition coefficient (Wildman–Crippen LogP) is 3.26. The summed E-state index contributed by atoms with van der Waals surface area (Å²) in [5.74, 6) is 1.69. The predicted molar refractivity (Wildman–Crippen MR) is 87.9 cm³/mol. The smallest absolute Gasteiger partial charge is 0.158 e. The van der Waals surface area contributed by atoms with Crippen LogP contribution in [0.1, 0.15) is 31.8 Å². The fraction of sp³-hybridized carbons (Fsp3) is 0.714. The summed E-state index contributed by atoms with van der Waals surface area (Å²) in [6.45, 7) is 5.37. The zero-order chi connectivity index (χ0) is 14.7. The van der Waals surface area contributed by atoms with E-state index < -0.39 is 0 Å². The maximum atomic E-state index is 5.93. The summed E-state index contributed by atoms with van der Waals surface area (Å²) in [6, 6.07) is 0. The van der Waals surface area contributed by atoms with Crippen molar-refractivity contribution in [3.05, 3.63) is 11.5 Å². The lowest BCUT2D eigenvalue weighted by Crippen LogP contribution is -2.14. The molecule has 1 unspecified atom stereocenters. The van der Waals surface area contributed by atoms with Gasteiger partial charge in [0.15, 0.2) is 5.65 Å². The van der Waals surface area contributed by atoms with Gasteiger partial charge in [-0.2, -0.15) is 16.9 Å². The first kappa shape index (κ1) is 15.7. The van der Waals surface area contributed by atoms with Crippen LogP contribution in [0.25, 0.3) is 11.2 Å². The third kappa shape index (κ3) is 2.98. The second-order valence-electron chi connectivity index (χ2n) is 5.12. The highest BCUT2D eigenvalue weighted by atomic mass is 35.5. The van der Waals surface area contributed by atoms with Crippen LogP contribution in [-0.2, 0) is 26.4 Å². The van der Waals surface area contributed by atoms with Gasteiger partial charge in [0.05, 0.1) is 5.69 Å². The van der Waals surface area contributed by atoms with Gasteiger partial charge >= 0.3 is 0 Å². The molecule has 0 spiro atoms. The summed E-state index contributed by atoms with van der Waals surface area (Å²) in [6.07, 6.45) is 5.02. The van der Waals surface area contributed by atoms with Crippen LogP contribution in [0.3, 0.4) is 0 Å². The number of rotatable bonds is 7. The number of aryl methyl sites for hydroxylation is 3. The zero-order valence-corrected chi connectivity index (χ0v) is 14.3. The molecule has 0 bridgehead atoms.